The standard InChI is InChI=1S/C15H18N4O/c1-10-7-17-19-14(10)9-16-8-11-6-15(20)18-13-5-3-2-4-12(11)13/h2-5,7,11,16H,6,8-9H2,1H3,(H,17,19)(H,18,20). The molecule has 0 saturated heterocycles. The van der Waals surface area contributed by atoms with Crippen molar-refractivity contribution in [2.24, 2.45) is 0 Å². The van der Waals surface area contributed by atoms with E-state index in [9.17, 15) is 4.79 Å². The first kappa shape index (κ1) is 12.9. The molecule has 1 aliphatic heterocycles. The van der Waals surface area contributed by atoms with Crippen LogP contribution < -0.4 is 10.6 Å². The van der Waals surface area contributed by atoms with E-state index >= 15 is 0 Å². The average molecular weight is 270 g/mol. The number of aromatic nitrogens is 2. The third-order valence-electron chi connectivity index (χ3n) is 3.73. The molecule has 1 amide bonds. The van der Waals surface area contributed by atoms with E-state index < -0.39 is 0 Å². The Morgan fingerprint density at radius 1 is 1.40 bits per heavy atom. The zero-order valence-electron chi connectivity index (χ0n) is 11.4. The van der Waals surface area contributed by atoms with Crippen LogP contribution in [-0.2, 0) is 11.3 Å². The Morgan fingerprint density at radius 3 is 3.05 bits per heavy atom. The van der Waals surface area contributed by atoms with Gasteiger partial charge in [0.1, 0.15) is 0 Å². The van der Waals surface area contributed by atoms with E-state index in [1.165, 1.54) is 5.56 Å². The van der Waals surface area contributed by atoms with Gasteiger partial charge in [0.05, 0.1) is 11.9 Å². The van der Waals surface area contributed by atoms with Crippen LogP contribution in [0.15, 0.2) is 30.5 Å². The molecular weight excluding hydrogens is 252 g/mol. The number of hydrogen-bond donors (Lipinski definition) is 3. The summed E-state index contributed by atoms with van der Waals surface area (Å²) in [7, 11) is 0. The number of aromatic amines is 1. The van der Waals surface area contributed by atoms with Gasteiger partial charge >= 0.3 is 0 Å². The van der Waals surface area contributed by atoms with Gasteiger partial charge < -0.3 is 10.6 Å². The molecule has 0 radical (unpaired) electrons. The van der Waals surface area contributed by atoms with Gasteiger partial charge in [0.2, 0.25) is 5.91 Å². The quantitative estimate of drug-likeness (QED) is 0.795. The van der Waals surface area contributed by atoms with Crippen molar-refractivity contribution in [3.05, 3.63) is 47.3 Å². The molecule has 0 bridgehead atoms. The summed E-state index contributed by atoms with van der Waals surface area (Å²) in [6, 6.07) is 8.01. The fourth-order valence-electron chi connectivity index (χ4n) is 2.61. The van der Waals surface area contributed by atoms with Crippen LogP contribution in [0, 0.1) is 6.92 Å². The first-order valence-corrected chi connectivity index (χ1v) is 6.82. The SMILES string of the molecule is Cc1cn[nH]c1CNCC1CC(=O)Nc2ccccc21. The number of rotatable bonds is 4. The maximum Gasteiger partial charge on any atom is 0.225 e. The number of benzene rings is 1. The van der Waals surface area contributed by atoms with Crippen LogP contribution in [0.4, 0.5) is 5.69 Å². The lowest BCUT2D eigenvalue weighted by Crippen LogP contribution is -2.29. The Kier molecular flexibility index (Phi) is 3.52. The minimum atomic E-state index is 0.0909. The molecule has 3 N–H and O–H groups in total. The monoisotopic (exact) mass is 270 g/mol. The molecular formula is C15H18N4O. The summed E-state index contributed by atoms with van der Waals surface area (Å²) in [6.45, 7) is 3.55. The lowest BCUT2D eigenvalue weighted by atomic mass is 9.90. The van der Waals surface area contributed by atoms with Gasteiger partial charge in [-0.25, -0.2) is 0 Å². The number of nitrogens with zero attached hydrogens (tertiary/aromatic N) is 1. The summed E-state index contributed by atoms with van der Waals surface area (Å²) < 4.78 is 0. The molecule has 0 aliphatic carbocycles. The highest BCUT2D eigenvalue weighted by atomic mass is 16.1. The first-order valence-electron chi connectivity index (χ1n) is 6.82. The molecule has 1 aromatic carbocycles. The molecule has 0 fully saturated rings. The Morgan fingerprint density at radius 2 is 2.25 bits per heavy atom. The van der Waals surface area contributed by atoms with Gasteiger partial charge in [-0.15, -0.1) is 0 Å². The number of amides is 1. The van der Waals surface area contributed by atoms with E-state index in [0.717, 1.165) is 30.0 Å². The van der Waals surface area contributed by atoms with E-state index in [1.807, 2.05) is 31.3 Å². The number of H-pyrrole nitrogens is 1. The number of nitrogens with one attached hydrogen (secondary N) is 3. The largest absolute Gasteiger partial charge is 0.326 e. The Bertz CT molecular complexity index is 620. The molecule has 0 spiro atoms. The topological polar surface area (TPSA) is 69.8 Å². The van der Waals surface area contributed by atoms with Gasteiger partial charge in [0, 0.05) is 31.1 Å². The predicted molar refractivity (Wildman–Crippen MR) is 77.5 cm³/mol. The summed E-state index contributed by atoms with van der Waals surface area (Å²) in [4.78, 5) is 11.7. The van der Waals surface area contributed by atoms with Crippen molar-refractivity contribution in [1.29, 1.82) is 0 Å². The molecule has 2 aromatic rings. The van der Waals surface area contributed by atoms with Crippen molar-refractivity contribution in [3.8, 4) is 0 Å². The van der Waals surface area contributed by atoms with Crippen molar-refractivity contribution in [2.75, 3.05) is 11.9 Å². The van der Waals surface area contributed by atoms with Crippen LogP contribution in [-0.4, -0.2) is 22.6 Å². The third kappa shape index (κ3) is 2.58. The van der Waals surface area contributed by atoms with E-state index in [-0.39, 0.29) is 11.8 Å². The second kappa shape index (κ2) is 5.46. The maximum absolute atomic E-state index is 11.7. The molecule has 1 atom stereocenters. The summed E-state index contributed by atoms with van der Waals surface area (Å²) in [5.74, 6) is 0.316. The van der Waals surface area contributed by atoms with Crippen molar-refractivity contribution < 1.29 is 4.79 Å². The number of hydrogen-bond acceptors (Lipinski definition) is 3. The van der Waals surface area contributed by atoms with E-state index in [1.54, 1.807) is 0 Å². The molecule has 1 aliphatic rings. The molecule has 3 rings (SSSR count). The second-order valence-corrected chi connectivity index (χ2v) is 5.20. The van der Waals surface area contributed by atoms with Gasteiger partial charge in [-0.2, -0.15) is 5.10 Å². The van der Waals surface area contributed by atoms with E-state index in [0.29, 0.717) is 6.42 Å². The summed E-state index contributed by atoms with van der Waals surface area (Å²) in [5.41, 5.74) is 4.40. The molecule has 20 heavy (non-hydrogen) atoms. The molecule has 2 heterocycles. The number of carbonyl (C=O) groups excluding carboxylic acids is 1. The fourth-order valence-corrected chi connectivity index (χ4v) is 2.61. The fraction of sp³-hybridized carbons (Fsp3) is 0.333. The number of carbonyl (C=O) groups is 1. The Balaban J connectivity index is 1.66. The van der Waals surface area contributed by atoms with Crippen LogP contribution in [0.3, 0.4) is 0 Å². The summed E-state index contributed by atoms with van der Waals surface area (Å²) in [5, 5.41) is 13.3. The third-order valence-corrected chi connectivity index (χ3v) is 3.73. The molecule has 104 valence electrons. The van der Waals surface area contributed by atoms with Gasteiger partial charge in [0.25, 0.3) is 0 Å². The number of aryl methyl sites for hydroxylation is 1. The molecule has 1 unspecified atom stereocenters. The average Bonchev–Trinajstić information content (AvgIpc) is 2.84. The van der Waals surface area contributed by atoms with Crippen LogP contribution in [0.2, 0.25) is 0 Å². The van der Waals surface area contributed by atoms with Crippen molar-refractivity contribution in [3.63, 3.8) is 0 Å². The minimum absolute atomic E-state index is 0.0909. The lowest BCUT2D eigenvalue weighted by Gasteiger charge is -2.25. The molecule has 5 nitrogen and oxygen atoms in total. The Hall–Kier alpha value is -2.14. The summed E-state index contributed by atoms with van der Waals surface area (Å²) >= 11 is 0. The lowest BCUT2D eigenvalue weighted by molar-refractivity contribution is -0.116. The van der Waals surface area contributed by atoms with Crippen LogP contribution in [0.25, 0.3) is 0 Å². The number of anilines is 1. The minimum Gasteiger partial charge on any atom is -0.326 e. The van der Waals surface area contributed by atoms with Gasteiger partial charge in [0.15, 0.2) is 0 Å². The van der Waals surface area contributed by atoms with Gasteiger partial charge in [-0.1, -0.05) is 18.2 Å². The highest BCUT2D eigenvalue weighted by Crippen LogP contribution is 2.31. The molecule has 5 heteroatoms. The first-order chi connectivity index (χ1) is 9.74. The zero-order chi connectivity index (χ0) is 13.9. The smallest absolute Gasteiger partial charge is 0.225 e. The highest BCUT2D eigenvalue weighted by Gasteiger charge is 2.24. The maximum atomic E-state index is 11.7. The van der Waals surface area contributed by atoms with Gasteiger partial charge in [-0.05, 0) is 24.1 Å². The van der Waals surface area contributed by atoms with E-state index in [4.69, 9.17) is 0 Å². The second-order valence-electron chi connectivity index (χ2n) is 5.20. The van der Waals surface area contributed by atoms with Crippen molar-refractivity contribution in [2.45, 2.75) is 25.8 Å². The van der Waals surface area contributed by atoms with Crippen LogP contribution >= 0.6 is 0 Å². The predicted octanol–water partition coefficient (Wildman–Crippen LogP) is 1.93. The van der Waals surface area contributed by atoms with E-state index in [2.05, 4.69) is 26.9 Å². The molecule has 1 aromatic heterocycles. The summed E-state index contributed by atoms with van der Waals surface area (Å²) in [6.07, 6.45) is 2.35. The number of para-hydroxylation sites is 1. The number of fused-ring (bicyclic) bond motifs is 1. The van der Waals surface area contributed by atoms with Crippen LogP contribution in [0.1, 0.15) is 29.2 Å². The normalized spacial score (nSPS) is 17.6. The highest BCUT2D eigenvalue weighted by molar-refractivity contribution is 5.94. The zero-order valence-corrected chi connectivity index (χ0v) is 11.4. The molecule has 0 saturated carbocycles. The van der Waals surface area contributed by atoms with Crippen molar-refractivity contribution in [1.82, 2.24) is 15.5 Å². The van der Waals surface area contributed by atoms with Crippen molar-refractivity contribution >= 4 is 11.6 Å². The van der Waals surface area contributed by atoms with Gasteiger partial charge in [-0.3, -0.25) is 9.89 Å². The van der Waals surface area contributed by atoms with Crippen LogP contribution in [0.5, 0.6) is 0 Å². The Labute approximate surface area is 117 Å².